The van der Waals surface area contributed by atoms with Crippen molar-refractivity contribution < 1.29 is 13.9 Å². The lowest BCUT2D eigenvalue weighted by atomic mass is 10.0. The molecule has 0 spiro atoms. The average molecular weight is 525 g/mol. The SMILES string of the molecule is CC(C)(C)OC(=O)N1CCc2ccc(Cl)c(SCc3ccc(C=Cc4ccc(F)cc4)cn3)c2CC1. The van der Waals surface area contributed by atoms with Gasteiger partial charge in [0.1, 0.15) is 11.4 Å². The largest absolute Gasteiger partial charge is 0.444 e. The molecule has 3 aromatic rings. The van der Waals surface area contributed by atoms with Crippen LogP contribution in [0.5, 0.6) is 0 Å². The van der Waals surface area contributed by atoms with Crippen LogP contribution in [0.2, 0.25) is 5.02 Å². The summed E-state index contributed by atoms with van der Waals surface area (Å²) in [5, 5.41) is 0.725. The monoisotopic (exact) mass is 524 g/mol. The highest BCUT2D eigenvalue weighted by molar-refractivity contribution is 7.98. The Bertz CT molecular complexity index is 1240. The summed E-state index contributed by atoms with van der Waals surface area (Å²) in [6.07, 6.45) is 6.96. The zero-order valence-electron chi connectivity index (χ0n) is 20.8. The normalized spacial score (nSPS) is 14.0. The molecule has 2 heterocycles. The van der Waals surface area contributed by atoms with Gasteiger partial charge >= 0.3 is 6.09 Å². The van der Waals surface area contributed by atoms with Crippen LogP contribution < -0.4 is 0 Å². The maximum absolute atomic E-state index is 13.1. The predicted molar refractivity (Wildman–Crippen MR) is 146 cm³/mol. The van der Waals surface area contributed by atoms with Crippen molar-refractivity contribution in [3.8, 4) is 0 Å². The summed E-state index contributed by atoms with van der Waals surface area (Å²) in [5.41, 5.74) is 4.78. The molecular formula is C29H30ClFN2O2S. The molecule has 188 valence electrons. The van der Waals surface area contributed by atoms with Crippen LogP contribution in [0.25, 0.3) is 12.2 Å². The van der Waals surface area contributed by atoms with Crippen molar-refractivity contribution in [1.29, 1.82) is 0 Å². The molecule has 4 nitrogen and oxygen atoms in total. The van der Waals surface area contributed by atoms with Gasteiger partial charge in [0.15, 0.2) is 0 Å². The minimum atomic E-state index is -0.514. The third-order valence-electron chi connectivity index (χ3n) is 5.79. The number of carbonyl (C=O) groups is 1. The topological polar surface area (TPSA) is 42.4 Å². The van der Waals surface area contributed by atoms with Gasteiger partial charge in [-0.05, 0) is 80.1 Å². The highest BCUT2D eigenvalue weighted by Crippen LogP contribution is 2.36. The maximum Gasteiger partial charge on any atom is 0.410 e. The molecule has 0 radical (unpaired) electrons. The second-order valence-electron chi connectivity index (χ2n) is 9.74. The number of pyridine rings is 1. The van der Waals surface area contributed by atoms with E-state index in [2.05, 4.69) is 11.1 Å². The van der Waals surface area contributed by atoms with Gasteiger partial charge in [-0.1, -0.05) is 48.0 Å². The van der Waals surface area contributed by atoms with Gasteiger partial charge in [0.05, 0.1) is 10.7 Å². The lowest BCUT2D eigenvalue weighted by Crippen LogP contribution is -2.38. The Morgan fingerprint density at radius 3 is 2.44 bits per heavy atom. The molecule has 2 aromatic carbocycles. The van der Waals surface area contributed by atoms with Crippen molar-refractivity contribution in [2.45, 2.75) is 49.9 Å². The molecule has 0 bridgehead atoms. The van der Waals surface area contributed by atoms with Gasteiger partial charge in [-0.2, -0.15) is 0 Å². The van der Waals surface area contributed by atoms with Crippen molar-refractivity contribution in [3.63, 3.8) is 0 Å². The highest BCUT2D eigenvalue weighted by Gasteiger charge is 2.25. The van der Waals surface area contributed by atoms with Crippen LogP contribution in [-0.2, 0) is 23.3 Å². The molecule has 4 rings (SSSR count). The minimum absolute atomic E-state index is 0.244. The lowest BCUT2D eigenvalue weighted by molar-refractivity contribution is 0.0258. The van der Waals surface area contributed by atoms with Crippen molar-refractivity contribution in [2.24, 2.45) is 0 Å². The Morgan fingerprint density at radius 2 is 1.75 bits per heavy atom. The van der Waals surface area contributed by atoms with Crippen molar-refractivity contribution in [2.75, 3.05) is 13.1 Å². The zero-order chi connectivity index (χ0) is 25.7. The van der Waals surface area contributed by atoms with Gasteiger partial charge in [-0.25, -0.2) is 9.18 Å². The van der Waals surface area contributed by atoms with Gasteiger partial charge in [-0.15, -0.1) is 11.8 Å². The van der Waals surface area contributed by atoms with Crippen molar-refractivity contribution >= 4 is 41.6 Å². The number of carbonyl (C=O) groups excluding carboxylic acids is 1. The summed E-state index contributed by atoms with van der Waals surface area (Å²) < 4.78 is 18.6. The smallest absolute Gasteiger partial charge is 0.410 e. The molecule has 0 unspecified atom stereocenters. The summed E-state index contributed by atoms with van der Waals surface area (Å²) in [5.74, 6) is 0.444. The van der Waals surface area contributed by atoms with Gasteiger partial charge in [0.25, 0.3) is 0 Å². The van der Waals surface area contributed by atoms with Crippen LogP contribution in [0.4, 0.5) is 9.18 Å². The Balaban J connectivity index is 1.40. The Hall–Kier alpha value is -2.83. The number of nitrogens with zero attached hydrogens (tertiary/aromatic N) is 2. The summed E-state index contributed by atoms with van der Waals surface area (Å²) >= 11 is 8.30. The van der Waals surface area contributed by atoms with E-state index in [0.29, 0.717) is 18.8 Å². The Kier molecular flexibility index (Phi) is 8.37. The fraction of sp³-hybridized carbons (Fsp3) is 0.310. The number of ether oxygens (including phenoxy) is 1. The average Bonchev–Trinajstić information content (AvgIpc) is 3.06. The molecule has 0 atom stereocenters. The number of hydrogen-bond donors (Lipinski definition) is 0. The molecule has 0 aliphatic carbocycles. The van der Waals surface area contributed by atoms with Crippen LogP contribution in [0.15, 0.2) is 59.6 Å². The molecule has 7 heteroatoms. The van der Waals surface area contributed by atoms with Gasteiger partial charge < -0.3 is 9.64 Å². The summed E-state index contributed by atoms with van der Waals surface area (Å²) in [4.78, 5) is 20.0. The van der Waals surface area contributed by atoms with E-state index in [-0.39, 0.29) is 11.9 Å². The zero-order valence-corrected chi connectivity index (χ0v) is 22.3. The number of amides is 1. The first-order valence-corrected chi connectivity index (χ1v) is 13.3. The first-order chi connectivity index (χ1) is 17.2. The molecule has 0 saturated carbocycles. The molecule has 0 saturated heterocycles. The van der Waals surface area contributed by atoms with Crippen LogP contribution in [0.3, 0.4) is 0 Å². The maximum atomic E-state index is 13.1. The third-order valence-corrected chi connectivity index (χ3v) is 7.42. The molecule has 1 aliphatic heterocycles. The number of aromatic nitrogens is 1. The molecule has 0 fully saturated rings. The first-order valence-electron chi connectivity index (χ1n) is 12.0. The number of halogens is 2. The van der Waals surface area contributed by atoms with E-state index in [1.807, 2.05) is 57.3 Å². The highest BCUT2D eigenvalue weighted by atomic mass is 35.5. The van der Waals surface area contributed by atoms with Crippen LogP contribution >= 0.6 is 23.4 Å². The van der Waals surface area contributed by atoms with Gasteiger partial charge in [0, 0.05) is 29.9 Å². The van der Waals surface area contributed by atoms with Gasteiger partial charge in [-0.3, -0.25) is 4.98 Å². The van der Waals surface area contributed by atoms with E-state index < -0.39 is 5.60 Å². The fourth-order valence-electron chi connectivity index (χ4n) is 3.96. The fourth-order valence-corrected chi connectivity index (χ4v) is 5.38. The molecule has 1 aliphatic rings. The Labute approximate surface area is 221 Å². The molecule has 1 amide bonds. The van der Waals surface area contributed by atoms with E-state index in [9.17, 15) is 9.18 Å². The second kappa shape index (κ2) is 11.5. The number of hydrogen-bond acceptors (Lipinski definition) is 4. The summed E-state index contributed by atoms with van der Waals surface area (Å²) in [7, 11) is 0. The third kappa shape index (κ3) is 7.11. The van der Waals surface area contributed by atoms with Gasteiger partial charge in [0.2, 0.25) is 0 Å². The number of rotatable bonds is 5. The standard InChI is InChI=1S/C29H30ClFN2O2S/c1-29(2,3)35-28(34)33-16-14-22-9-13-26(30)27(25(22)15-17-33)36-19-24-12-8-21(18-32-24)5-4-20-6-10-23(31)11-7-20/h4-13,18H,14-17,19H2,1-3H3. The van der Waals surface area contributed by atoms with E-state index in [4.69, 9.17) is 16.3 Å². The number of thioether (sulfide) groups is 1. The molecule has 36 heavy (non-hydrogen) atoms. The Morgan fingerprint density at radius 1 is 1.06 bits per heavy atom. The van der Waals surface area contributed by atoms with Crippen molar-refractivity contribution in [3.05, 3.63) is 93.5 Å². The molecule has 1 aromatic heterocycles. The lowest BCUT2D eigenvalue weighted by Gasteiger charge is -2.26. The minimum Gasteiger partial charge on any atom is -0.444 e. The van der Waals surface area contributed by atoms with Crippen LogP contribution in [-0.4, -0.2) is 34.7 Å². The number of fused-ring (bicyclic) bond motifs is 1. The van der Waals surface area contributed by atoms with E-state index in [1.165, 1.54) is 23.3 Å². The molecular weight excluding hydrogens is 495 g/mol. The predicted octanol–water partition coefficient (Wildman–Crippen LogP) is 7.67. The quantitative estimate of drug-likeness (QED) is 0.321. The van der Waals surface area contributed by atoms with Crippen LogP contribution in [0.1, 0.15) is 48.7 Å². The number of benzene rings is 2. The molecule has 0 N–H and O–H groups in total. The van der Waals surface area contributed by atoms with Crippen molar-refractivity contribution in [1.82, 2.24) is 9.88 Å². The van der Waals surface area contributed by atoms with Crippen LogP contribution in [0, 0.1) is 5.82 Å². The summed E-state index contributed by atoms with van der Waals surface area (Å²) in [6, 6.07) is 14.4. The van der Waals surface area contributed by atoms with E-state index >= 15 is 0 Å². The van der Waals surface area contributed by atoms with E-state index in [1.54, 1.807) is 28.8 Å². The van der Waals surface area contributed by atoms with E-state index in [0.717, 1.165) is 39.6 Å². The first kappa shape index (κ1) is 26.2. The summed E-state index contributed by atoms with van der Waals surface area (Å²) in [6.45, 7) is 6.88. The second-order valence-corrected chi connectivity index (χ2v) is 11.1.